The molecule has 1 amide bonds. The van der Waals surface area contributed by atoms with Gasteiger partial charge in [-0.2, -0.15) is 0 Å². The van der Waals surface area contributed by atoms with E-state index in [1.807, 2.05) is 11.6 Å². The van der Waals surface area contributed by atoms with E-state index in [-0.39, 0.29) is 11.7 Å². The molecule has 1 heterocycles. The summed E-state index contributed by atoms with van der Waals surface area (Å²) < 4.78 is 12.4. The van der Waals surface area contributed by atoms with Gasteiger partial charge in [-0.15, -0.1) is 10.2 Å². The molecule has 0 radical (unpaired) electrons. The first-order chi connectivity index (χ1) is 11.6. The van der Waals surface area contributed by atoms with Gasteiger partial charge in [-0.05, 0) is 25.0 Å². The summed E-state index contributed by atoms with van der Waals surface area (Å²) in [6.45, 7) is 0. The van der Waals surface area contributed by atoms with Crippen LogP contribution < -0.4 is 14.8 Å². The Morgan fingerprint density at radius 2 is 2.12 bits per heavy atom. The average Bonchev–Trinajstić information content (AvgIpc) is 3.36. The van der Waals surface area contributed by atoms with Gasteiger partial charge in [-0.1, -0.05) is 11.8 Å². The van der Waals surface area contributed by atoms with Crippen molar-refractivity contribution in [3.63, 3.8) is 0 Å². The van der Waals surface area contributed by atoms with Gasteiger partial charge in [0.2, 0.25) is 5.91 Å². The molecule has 1 aliphatic carbocycles. The second-order valence-corrected chi connectivity index (χ2v) is 6.52. The monoisotopic (exact) mass is 348 g/mol. The highest BCUT2D eigenvalue weighted by molar-refractivity contribution is 7.99. The van der Waals surface area contributed by atoms with Crippen molar-refractivity contribution < 1.29 is 14.3 Å². The molecule has 2 aromatic rings. The summed E-state index contributed by atoms with van der Waals surface area (Å²) in [7, 11) is 5.08. The third-order valence-corrected chi connectivity index (χ3v) is 4.84. The van der Waals surface area contributed by atoms with Gasteiger partial charge in [0.15, 0.2) is 5.16 Å². The number of carbonyl (C=O) groups is 1. The van der Waals surface area contributed by atoms with E-state index in [0.717, 1.165) is 11.0 Å². The summed E-state index contributed by atoms with van der Waals surface area (Å²) in [6.07, 6.45) is 2.35. The molecule has 1 aromatic heterocycles. The van der Waals surface area contributed by atoms with E-state index in [4.69, 9.17) is 9.47 Å². The second-order valence-electron chi connectivity index (χ2n) is 5.58. The zero-order chi connectivity index (χ0) is 17.1. The molecule has 0 unspecified atom stereocenters. The van der Waals surface area contributed by atoms with Gasteiger partial charge in [0, 0.05) is 19.0 Å². The molecule has 8 heteroatoms. The third-order valence-electron chi connectivity index (χ3n) is 3.82. The lowest BCUT2D eigenvalue weighted by Gasteiger charge is -2.11. The molecule has 1 aromatic carbocycles. The van der Waals surface area contributed by atoms with Crippen LogP contribution in [0.5, 0.6) is 11.5 Å². The zero-order valence-corrected chi connectivity index (χ0v) is 14.7. The number of ether oxygens (including phenoxy) is 2. The number of benzene rings is 1. The fourth-order valence-corrected chi connectivity index (χ4v) is 3.10. The van der Waals surface area contributed by atoms with Crippen LogP contribution in [-0.4, -0.2) is 40.6 Å². The smallest absolute Gasteiger partial charge is 0.234 e. The topological polar surface area (TPSA) is 78.3 Å². The summed E-state index contributed by atoms with van der Waals surface area (Å²) in [5.41, 5.74) is 0.582. The molecule has 1 N–H and O–H groups in total. The number of nitrogens with zero attached hydrogens (tertiary/aromatic N) is 3. The number of thioether (sulfide) groups is 1. The summed E-state index contributed by atoms with van der Waals surface area (Å²) >= 11 is 1.37. The molecule has 0 spiro atoms. The maximum Gasteiger partial charge on any atom is 0.234 e. The molecule has 1 saturated carbocycles. The van der Waals surface area contributed by atoms with Crippen molar-refractivity contribution >= 4 is 23.4 Å². The van der Waals surface area contributed by atoms with Crippen molar-refractivity contribution in [3.05, 3.63) is 24.0 Å². The lowest BCUT2D eigenvalue weighted by molar-refractivity contribution is -0.113. The molecule has 24 heavy (non-hydrogen) atoms. The van der Waals surface area contributed by atoms with Crippen LogP contribution >= 0.6 is 11.8 Å². The van der Waals surface area contributed by atoms with Crippen molar-refractivity contribution in [2.24, 2.45) is 7.05 Å². The third kappa shape index (κ3) is 3.64. The predicted octanol–water partition coefficient (Wildman–Crippen LogP) is 2.44. The van der Waals surface area contributed by atoms with E-state index in [2.05, 4.69) is 15.5 Å². The number of aromatic nitrogens is 3. The highest BCUT2D eigenvalue weighted by atomic mass is 32.2. The van der Waals surface area contributed by atoms with Gasteiger partial charge < -0.3 is 19.4 Å². The number of hydrogen-bond donors (Lipinski definition) is 1. The lowest BCUT2D eigenvalue weighted by atomic mass is 10.2. The first-order valence-corrected chi connectivity index (χ1v) is 8.65. The zero-order valence-electron chi connectivity index (χ0n) is 13.9. The van der Waals surface area contributed by atoms with Crippen LogP contribution in [0.4, 0.5) is 5.69 Å². The minimum absolute atomic E-state index is 0.137. The molecule has 0 bridgehead atoms. The number of methoxy groups -OCH3 is 2. The maximum atomic E-state index is 12.2. The number of nitrogens with one attached hydrogen (secondary N) is 1. The Balaban J connectivity index is 1.61. The highest BCUT2D eigenvalue weighted by Gasteiger charge is 2.29. The SMILES string of the molecule is COc1ccc(OC)c(NC(=O)CSc2nnc(C3CC3)n2C)c1. The lowest BCUT2D eigenvalue weighted by Crippen LogP contribution is -2.15. The number of anilines is 1. The van der Waals surface area contributed by atoms with Crippen LogP contribution in [0.25, 0.3) is 0 Å². The van der Waals surface area contributed by atoms with Gasteiger partial charge in [-0.3, -0.25) is 4.79 Å². The van der Waals surface area contributed by atoms with Crippen LogP contribution in [-0.2, 0) is 11.8 Å². The molecule has 1 aliphatic rings. The van der Waals surface area contributed by atoms with E-state index in [0.29, 0.717) is 23.1 Å². The molecule has 0 aliphatic heterocycles. The number of rotatable bonds is 7. The summed E-state index contributed by atoms with van der Waals surface area (Å²) in [5.74, 6) is 2.89. The molecule has 1 fully saturated rings. The molecular weight excluding hydrogens is 328 g/mol. The fourth-order valence-electron chi connectivity index (χ4n) is 2.38. The van der Waals surface area contributed by atoms with E-state index >= 15 is 0 Å². The van der Waals surface area contributed by atoms with Gasteiger partial charge in [0.05, 0.1) is 25.7 Å². The molecule has 3 rings (SSSR count). The number of carbonyl (C=O) groups excluding carboxylic acids is 1. The van der Waals surface area contributed by atoms with Gasteiger partial charge >= 0.3 is 0 Å². The minimum Gasteiger partial charge on any atom is -0.497 e. The van der Waals surface area contributed by atoms with E-state index < -0.39 is 0 Å². The van der Waals surface area contributed by atoms with Crippen molar-refractivity contribution in [3.8, 4) is 11.5 Å². The van der Waals surface area contributed by atoms with Crippen LogP contribution in [0.15, 0.2) is 23.4 Å². The van der Waals surface area contributed by atoms with Gasteiger partial charge in [0.1, 0.15) is 17.3 Å². The number of amides is 1. The Hall–Kier alpha value is -2.22. The van der Waals surface area contributed by atoms with Crippen molar-refractivity contribution in [1.29, 1.82) is 0 Å². The highest BCUT2D eigenvalue weighted by Crippen LogP contribution is 2.39. The molecule has 128 valence electrons. The van der Waals surface area contributed by atoms with Crippen LogP contribution in [0.3, 0.4) is 0 Å². The molecular formula is C16H20N4O3S. The van der Waals surface area contributed by atoms with Crippen LogP contribution in [0.2, 0.25) is 0 Å². The molecule has 0 saturated heterocycles. The van der Waals surface area contributed by atoms with E-state index in [1.165, 1.54) is 24.6 Å². The van der Waals surface area contributed by atoms with Crippen molar-refractivity contribution in [2.45, 2.75) is 23.9 Å². The fraction of sp³-hybridized carbons (Fsp3) is 0.438. The van der Waals surface area contributed by atoms with Crippen molar-refractivity contribution in [1.82, 2.24) is 14.8 Å². The van der Waals surface area contributed by atoms with Gasteiger partial charge in [-0.25, -0.2) is 0 Å². The largest absolute Gasteiger partial charge is 0.497 e. The summed E-state index contributed by atoms with van der Waals surface area (Å²) in [6, 6.07) is 5.27. The number of hydrogen-bond acceptors (Lipinski definition) is 6. The Bertz CT molecular complexity index is 743. The molecule has 0 atom stereocenters. The minimum atomic E-state index is -0.137. The van der Waals surface area contributed by atoms with E-state index in [1.54, 1.807) is 32.4 Å². The Labute approximate surface area is 144 Å². The Kier molecular flexibility index (Phi) is 4.94. The Morgan fingerprint density at radius 3 is 2.79 bits per heavy atom. The standard InChI is InChI=1S/C16H20N4O3S/c1-20-15(10-4-5-10)18-19-16(20)24-9-14(21)17-12-8-11(22-2)6-7-13(12)23-3/h6-8,10H,4-5,9H2,1-3H3,(H,17,21). The first-order valence-electron chi connectivity index (χ1n) is 7.66. The normalized spacial score (nSPS) is 13.6. The van der Waals surface area contributed by atoms with Crippen LogP contribution in [0, 0.1) is 0 Å². The maximum absolute atomic E-state index is 12.2. The quantitative estimate of drug-likeness (QED) is 0.775. The first kappa shape index (κ1) is 16.6. The van der Waals surface area contributed by atoms with Gasteiger partial charge in [0.25, 0.3) is 0 Å². The summed E-state index contributed by atoms with van der Waals surface area (Å²) in [4.78, 5) is 12.2. The molecule has 7 nitrogen and oxygen atoms in total. The van der Waals surface area contributed by atoms with Crippen LogP contribution in [0.1, 0.15) is 24.6 Å². The van der Waals surface area contributed by atoms with E-state index in [9.17, 15) is 4.79 Å². The predicted molar refractivity (Wildman–Crippen MR) is 91.9 cm³/mol. The summed E-state index contributed by atoms with van der Waals surface area (Å²) in [5, 5.41) is 12.0. The van der Waals surface area contributed by atoms with Crippen molar-refractivity contribution in [2.75, 3.05) is 25.3 Å². The average molecular weight is 348 g/mol. The second kappa shape index (κ2) is 7.12. The Morgan fingerprint density at radius 1 is 1.33 bits per heavy atom.